The maximum atomic E-state index is 12.4. The number of pyridine rings is 1. The number of carbonyl (C=O) groups is 2. The van der Waals surface area contributed by atoms with Gasteiger partial charge in [0.1, 0.15) is 12.2 Å². The molecule has 2 rings (SSSR count). The summed E-state index contributed by atoms with van der Waals surface area (Å²) in [6.45, 7) is 3.52. The number of carboxylic acid groups (broad SMARTS) is 1. The fourth-order valence-corrected chi connectivity index (χ4v) is 2.28. The van der Waals surface area contributed by atoms with Crippen molar-refractivity contribution in [1.29, 1.82) is 0 Å². The van der Waals surface area contributed by atoms with Crippen LogP contribution in [-0.2, 0) is 16.0 Å². The van der Waals surface area contributed by atoms with Crippen LogP contribution >= 0.6 is 0 Å². The lowest BCUT2D eigenvalue weighted by atomic mass is 10.1. The molecule has 0 spiro atoms. The lowest BCUT2D eigenvalue weighted by Crippen LogP contribution is -2.42. The number of carbonyl (C=O) groups excluding carboxylic acids is 1. The molecule has 0 fully saturated rings. The van der Waals surface area contributed by atoms with Crippen molar-refractivity contribution in [1.82, 2.24) is 14.9 Å². The Hall–Kier alpha value is -2.37. The van der Waals surface area contributed by atoms with E-state index >= 15 is 0 Å². The molecule has 0 radical (unpaired) electrons. The van der Waals surface area contributed by atoms with Crippen molar-refractivity contribution >= 4 is 22.9 Å². The molecule has 112 valence electrons. The maximum Gasteiger partial charge on any atom is 0.323 e. The number of rotatable bonds is 6. The van der Waals surface area contributed by atoms with Gasteiger partial charge in [0, 0.05) is 23.8 Å². The smallest absolute Gasteiger partial charge is 0.323 e. The van der Waals surface area contributed by atoms with Crippen LogP contribution in [0.4, 0.5) is 0 Å². The van der Waals surface area contributed by atoms with Crippen LogP contribution in [0.25, 0.3) is 11.0 Å². The monoisotopic (exact) mass is 289 g/mol. The van der Waals surface area contributed by atoms with E-state index in [4.69, 9.17) is 5.11 Å². The van der Waals surface area contributed by atoms with E-state index in [1.54, 1.807) is 12.4 Å². The van der Waals surface area contributed by atoms with Gasteiger partial charge in [0.15, 0.2) is 0 Å². The molecule has 21 heavy (non-hydrogen) atoms. The molecule has 0 aliphatic rings. The van der Waals surface area contributed by atoms with Gasteiger partial charge >= 0.3 is 5.97 Å². The van der Waals surface area contributed by atoms with Crippen molar-refractivity contribution in [3.05, 3.63) is 30.1 Å². The number of nitrogens with one attached hydrogen (secondary N) is 1. The molecule has 2 heterocycles. The van der Waals surface area contributed by atoms with Crippen LogP contribution in [0.5, 0.6) is 0 Å². The zero-order chi connectivity index (χ0) is 15.4. The van der Waals surface area contributed by atoms with Gasteiger partial charge in [-0.2, -0.15) is 0 Å². The van der Waals surface area contributed by atoms with E-state index < -0.39 is 5.97 Å². The van der Waals surface area contributed by atoms with E-state index in [9.17, 15) is 9.59 Å². The van der Waals surface area contributed by atoms with Crippen molar-refractivity contribution in [2.75, 3.05) is 6.54 Å². The van der Waals surface area contributed by atoms with E-state index in [0.29, 0.717) is 6.42 Å². The van der Waals surface area contributed by atoms with Crippen LogP contribution in [0.15, 0.2) is 24.5 Å². The van der Waals surface area contributed by atoms with Gasteiger partial charge in [-0.3, -0.25) is 9.59 Å². The van der Waals surface area contributed by atoms with Crippen LogP contribution in [0, 0.1) is 0 Å². The molecular formula is C15H19N3O3. The molecule has 6 heteroatoms. The van der Waals surface area contributed by atoms with Gasteiger partial charge < -0.3 is 15.0 Å². The molecular weight excluding hydrogens is 270 g/mol. The third-order valence-corrected chi connectivity index (χ3v) is 3.63. The highest BCUT2D eigenvalue weighted by Crippen LogP contribution is 2.17. The van der Waals surface area contributed by atoms with Crippen molar-refractivity contribution in [2.45, 2.75) is 32.7 Å². The van der Waals surface area contributed by atoms with Gasteiger partial charge in [0.05, 0.1) is 6.42 Å². The van der Waals surface area contributed by atoms with Gasteiger partial charge in [0.25, 0.3) is 0 Å². The molecule has 2 aromatic rings. The first-order valence-corrected chi connectivity index (χ1v) is 6.95. The molecule has 0 saturated heterocycles. The number of aliphatic carboxylic acids is 1. The molecule has 6 nitrogen and oxygen atoms in total. The van der Waals surface area contributed by atoms with Gasteiger partial charge in [0.2, 0.25) is 5.91 Å². The Bertz CT molecular complexity index is 650. The van der Waals surface area contributed by atoms with Gasteiger partial charge in [-0.25, -0.2) is 4.98 Å². The average Bonchev–Trinajstić information content (AvgIpc) is 2.87. The second kappa shape index (κ2) is 6.39. The number of nitrogens with zero attached hydrogens (tertiary/aromatic N) is 2. The molecule has 2 aromatic heterocycles. The fraction of sp³-hybridized carbons (Fsp3) is 0.400. The first-order valence-electron chi connectivity index (χ1n) is 6.95. The van der Waals surface area contributed by atoms with E-state index in [1.165, 1.54) is 4.90 Å². The number of amides is 1. The third-order valence-electron chi connectivity index (χ3n) is 3.63. The first kappa shape index (κ1) is 15.0. The molecule has 0 bridgehead atoms. The van der Waals surface area contributed by atoms with Gasteiger partial charge in [-0.1, -0.05) is 6.92 Å². The summed E-state index contributed by atoms with van der Waals surface area (Å²) < 4.78 is 0. The van der Waals surface area contributed by atoms with Crippen molar-refractivity contribution in [2.24, 2.45) is 0 Å². The number of aromatic amines is 1. The molecule has 0 aromatic carbocycles. The highest BCUT2D eigenvalue weighted by atomic mass is 16.4. The van der Waals surface area contributed by atoms with Crippen molar-refractivity contribution in [3.63, 3.8) is 0 Å². The molecule has 1 unspecified atom stereocenters. The van der Waals surface area contributed by atoms with E-state index in [0.717, 1.165) is 16.6 Å². The zero-order valence-corrected chi connectivity index (χ0v) is 12.2. The second-order valence-corrected chi connectivity index (χ2v) is 5.06. The first-order chi connectivity index (χ1) is 10.0. The Kier molecular flexibility index (Phi) is 4.57. The van der Waals surface area contributed by atoms with E-state index in [-0.39, 0.29) is 24.9 Å². The summed E-state index contributed by atoms with van der Waals surface area (Å²) in [6.07, 6.45) is 4.32. The number of H-pyrrole nitrogens is 1. The minimum Gasteiger partial charge on any atom is -0.480 e. The van der Waals surface area contributed by atoms with Crippen LogP contribution in [0.1, 0.15) is 25.8 Å². The number of hydrogen-bond acceptors (Lipinski definition) is 3. The summed E-state index contributed by atoms with van der Waals surface area (Å²) in [5.41, 5.74) is 1.57. The minimum atomic E-state index is -0.996. The second-order valence-electron chi connectivity index (χ2n) is 5.06. The molecule has 0 aliphatic heterocycles. The largest absolute Gasteiger partial charge is 0.480 e. The Labute approximate surface area is 122 Å². The standard InChI is InChI=1S/C15H19N3O3/c1-3-10(2)18(9-14(20)21)13(19)7-11-8-17-15-12(11)5-4-6-16-15/h4-6,8,10H,3,7,9H2,1-2H3,(H,16,17)(H,20,21). The molecule has 0 saturated carbocycles. The summed E-state index contributed by atoms with van der Waals surface area (Å²) >= 11 is 0. The Morgan fingerprint density at radius 3 is 2.90 bits per heavy atom. The highest BCUT2D eigenvalue weighted by molar-refractivity contribution is 5.88. The van der Waals surface area contributed by atoms with E-state index in [2.05, 4.69) is 9.97 Å². The number of carboxylic acids is 1. The Morgan fingerprint density at radius 2 is 2.24 bits per heavy atom. The molecule has 0 aliphatic carbocycles. The van der Waals surface area contributed by atoms with Crippen LogP contribution in [0.3, 0.4) is 0 Å². The Morgan fingerprint density at radius 1 is 1.48 bits per heavy atom. The zero-order valence-electron chi connectivity index (χ0n) is 12.2. The lowest BCUT2D eigenvalue weighted by molar-refractivity contribution is -0.145. The number of hydrogen-bond donors (Lipinski definition) is 2. The predicted octanol–water partition coefficient (Wildman–Crippen LogP) is 1.82. The number of aromatic nitrogens is 2. The van der Waals surface area contributed by atoms with Gasteiger partial charge in [-0.05, 0) is 31.0 Å². The topological polar surface area (TPSA) is 86.3 Å². The summed E-state index contributed by atoms with van der Waals surface area (Å²) in [7, 11) is 0. The quantitative estimate of drug-likeness (QED) is 0.849. The molecule has 1 atom stereocenters. The third kappa shape index (κ3) is 3.39. The normalized spacial score (nSPS) is 12.3. The van der Waals surface area contributed by atoms with Crippen LogP contribution < -0.4 is 0 Å². The molecule has 1 amide bonds. The summed E-state index contributed by atoms with van der Waals surface area (Å²) in [5.74, 6) is -1.18. The molecule has 2 N–H and O–H groups in total. The van der Waals surface area contributed by atoms with Crippen molar-refractivity contribution < 1.29 is 14.7 Å². The SMILES string of the molecule is CCC(C)N(CC(=O)O)C(=O)Cc1c[nH]c2ncccc12. The van der Waals surface area contributed by atoms with Crippen LogP contribution in [0.2, 0.25) is 0 Å². The Balaban J connectivity index is 2.19. The maximum absolute atomic E-state index is 12.4. The van der Waals surface area contributed by atoms with E-state index in [1.807, 2.05) is 26.0 Å². The van der Waals surface area contributed by atoms with Crippen molar-refractivity contribution in [3.8, 4) is 0 Å². The number of fused-ring (bicyclic) bond motifs is 1. The lowest BCUT2D eigenvalue weighted by Gasteiger charge is -2.26. The predicted molar refractivity (Wildman–Crippen MR) is 78.9 cm³/mol. The van der Waals surface area contributed by atoms with Crippen LogP contribution in [-0.4, -0.2) is 44.4 Å². The summed E-state index contributed by atoms with van der Waals surface area (Å²) in [5, 5.41) is 9.86. The summed E-state index contributed by atoms with van der Waals surface area (Å²) in [6, 6.07) is 3.61. The summed E-state index contributed by atoms with van der Waals surface area (Å²) in [4.78, 5) is 32.0. The minimum absolute atomic E-state index is 0.100. The highest BCUT2D eigenvalue weighted by Gasteiger charge is 2.22. The van der Waals surface area contributed by atoms with Gasteiger partial charge in [-0.15, -0.1) is 0 Å². The fourth-order valence-electron chi connectivity index (χ4n) is 2.28. The average molecular weight is 289 g/mol.